The molecule has 37 heavy (non-hydrogen) atoms. The number of benzene rings is 2. The minimum Gasteiger partial charge on any atom is -0.332 e. The average Bonchev–Trinajstić information content (AvgIpc) is 3.40. The smallest absolute Gasteiger partial charge is 0.270 e. The quantitative estimate of drug-likeness (QED) is 0.386. The molecule has 1 aliphatic carbocycles. The van der Waals surface area contributed by atoms with Gasteiger partial charge in [0.1, 0.15) is 0 Å². The predicted octanol–water partition coefficient (Wildman–Crippen LogP) is 5.75. The molecule has 0 unspecified atom stereocenters. The lowest BCUT2D eigenvalue weighted by atomic mass is 9.71. The normalized spacial score (nSPS) is 18.1. The molecule has 9 heteroatoms. The van der Waals surface area contributed by atoms with Gasteiger partial charge in [-0.15, -0.1) is 5.10 Å². The second kappa shape index (κ2) is 11.7. The van der Waals surface area contributed by atoms with Gasteiger partial charge >= 0.3 is 0 Å². The third kappa shape index (κ3) is 7.26. The number of rotatable bonds is 7. The molecule has 0 atom stereocenters. The number of H-pyrrole nitrogens is 1. The second-order valence-electron chi connectivity index (χ2n) is 10.6. The third-order valence-electron chi connectivity index (χ3n) is 7.07. The SMILES string of the molecule is CC(C)(C)C1CCC(N(Cc2ccc(C(=O)Nc3nn[nH]n3)cc2)C(=O)C=Cc2ccc(Cl)cc2)CC1. The first-order valence-corrected chi connectivity index (χ1v) is 12.9. The maximum absolute atomic E-state index is 13.4. The molecule has 4 rings (SSSR count). The highest BCUT2D eigenvalue weighted by atomic mass is 35.5. The fraction of sp³-hybridized carbons (Fsp3) is 0.393. The first-order valence-electron chi connectivity index (χ1n) is 12.6. The van der Waals surface area contributed by atoms with Gasteiger partial charge in [0, 0.05) is 29.2 Å². The van der Waals surface area contributed by atoms with Gasteiger partial charge in [-0.3, -0.25) is 14.9 Å². The van der Waals surface area contributed by atoms with E-state index in [9.17, 15) is 9.59 Å². The number of amides is 2. The third-order valence-corrected chi connectivity index (χ3v) is 7.33. The van der Waals surface area contributed by atoms with Crippen LogP contribution in [-0.2, 0) is 11.3 Å². The lowest BCUT2D eigenvalue weighted by Gasteiger charge is -2.41. The van der Waals surface area contributed by atoms with Crippen LogP contribution >= 0.6 is 11.6 Å². The summed E-state index contributed by atoms with van der Waals surface area (Å²) < 4.78 is 0. The van der Waals surface area contributed by atoms with Gasteiger partial charge in [0.25, 0.3) is 11.9 Å². The number of carbonyl (C=O) groups is 2. The second-order valence-corrected chi connectivity index (χ2v) is 11.0. The molecule has 1 heterocycles. The predicted molar refractivity (Wildman–Crippen MR) is 145 cm³/mol. The zero-order valence-electron chi connectivity index (χ0n) is 21.4. The summed E-state index contributed by atoms with van der Waals surface area (Å²) in [6.07, 6.45) is 7.65. The van der Waals surface area contributed by atoms with Gasteiger partial charge in [-0.1, -0.05) is 61.7 Å². The Bertz CT molecular complexity index is 1210. The standard InChI is InChI=1S/C28H33ClN6O2/c1-28(2,3)22-11-15-24(16-12-22)35(25(36)17-8-19-6-13-23(29)14-7-19)18-20-4-9-21(10-5-20)26(37)30-27-31-33-34-32-27/h4-10,13-14,17,22,24H,11-12,15-16,18H2,1-3H3,(H2,30,31,32,33,34,37). The number of aromatic nitrogens is 4. The Labute approximate surface area is 222 Å². The van der Waals surface area contributed by atoms with Gasteiger partial charge in [0.05, 0.1) is 0 Å². The number of hydrogen-bond donors (Lipinski definition) is 2. The monoisotopic (exact) mass is 520 g/mol. The molecule has 0 bridgehead atoms. The van der Waals surface area contributed by atoms with Crippen molar-refractivity contribution in [2.24, 2.45) is 11.3 Å². The lowest BCUT2D eigenvalue weighted by Crippen LogP contribution is -2.42. The number of anilines is 1. The van der Waals surface area contributed by atoms with Crippen LogP contribution in [-0.4, -0.2) is 43.4 Å². The minimum absolute atomic E-state index is 0.0203. The van der Waals surface area contributed by atoms with Crippen molar-refractivity contribution in [1.82, 2.24) is 25.5 Å². The molecule has 2 N–H and O–H groups in total. The van der Waals surface area contributed by atoms with E-state index >= 15 is 0 Å². The Hall–Kier alpha value is -3.52. The van der Waals surface area contributed by atoms with Crippen LogP contribution in [0.1, 0.15) is 67.9 Å². The fourth-order valence-corrected chi connectivity index (χ4v) is 4.95. The van der Waals surface area contributed by atoms with E-state index in [1.165, 1.54) is 0 Å². The molecule has 3 aromatic rings. The number of tetrazole rings is 1. The maximum Gasteiger partial charge on any atom is 0.270 e. The molecular formula is C28H33ClN6O2. The van der Waals surface area contributed by atoms with Crippen molar-refractivity contribution in [3.05, 3.63) is 76.3 Å². The Morgan fingerprint density at radius 2 is 1.73 bits per heavy atom. The summed E-state index contributed by atoms with van der Waals surface area (Å²) >= 11 is 5.99. The highest BCUT2D eigenvalue weighted by molar-refractivity contribution is 6.30. The molecular weight excluding hydrogens is 488 g/mol. The molecule has 0 radical (unpaired) electrons. The lowest BCUT2D eigenvalue weighted by molar-refractivity contribution is -0.130. The first kappa shape index (κ1) is 26.5. The van der Waals surface area contributed by atoms with Crippen LogP contribution in [0.3, 0.4) is 0 Å². The molecule has 2 aromatic carbocycles. The maximum atomic E-state index is 13.4. The average molecular weight is 521 g/mol. The van der Waals surface area contributed by atoms with Crippen molar-refractivity contribution >= 4 is 35.4 Å². The number of aromatic amines is 1. The number of halogens is 1. The Morgan fingerprint density at radius 1 is 1.05 bits per heavy atom. The van der Waals surface area contributed by atoms with Gasteiger partial charge in [0.2, 0.25) is 5.91 Å². The summed E-state index contributed by atoms with van der Waals surface area (Å²) in [5, 5.41) is 16.5. The number of hydrogen-bond acceptors (Lipinski definition) is 5. The molecule has 2 amide bonds. The summed E-state index contributed by atoms with van der Waals surface area (Å²) in [4.78, 5) is 27.9. The Morgan fingerprint density at radius 3 is 2.32 bits per heavy atom. The summed E-state index contributed by atoms with van der Waals surface area (Å²) in [6.45, 7) is 7.37. The van der Waals surface area contributed by atoms with Crippen molar-refractivity contribution in [2.45, 2.75) is 59.0 Å². The molecule has 0 spiro atoms. The van der Waals surface area contributed by atoms with Crippen LogP contribution < -0.4 is 5.32 Å². The minimum atomic E-state index is -0.327. The highest BCUT2D eigenvalue weighted by Gasteiger charge is 2.33. The van der Waals surface area contributed by atoms with Crippen LogP contribution in [0.5, 0.6) is 0 Å². The molecule has 1 aliphatic rings. The largest absolute Gasteiger partial charge is 0.332 e. The molecule has 0 saturated heterocycles. The molecule has 194 valence electrons. The summed E-state index contributed by atoms with van der Waals surface area (Å²) in [6, 6.07) is 14.8. The molecule has 0 aliphatic heterocycles. The summed E-state index contributed by atoms with van der Waals surface area (Å²) in [7, 11) is 0. The zero-order chi connectivity index (χ0) is 26.4. The van der Waals surface area contributed by atoms with Crippen molar-refractivity contribution in [3.63, 3.8) is 0 Å². The van der Waals surface area contributed by atoms with Crippen molar-refractivity contribution in [1.29, 1.82) is 0 Å². The van der Waals surface area contributed by atoms with E-state index in [-0.39, 0.29) is 29.2 Å². The summed E-state index contributed by atoms with van der Waals surface area (Å²) in [5.74, 6) is 0.423. The topological polar surface area (TPSA) is 104 Å². The van der Waals surface area contributed by atoms with E-state index in [4.69, 9.17) is 11.6 Å². The molecule has 8 nitrogen and oxygen atoms in total. The Kier molecular flexibility index (Phi) is 8.38. The van der Waals surface area contributed by atoms with Crippen LogP contribution in [0, 0.1) is 11.3 Å². The Balaban J connectivity index is 1.48. The summed E-state index contributed by atoms with van der Waals surface area (Å²) in [5.41, 5.74) is 2.62. The van der Waals surface area contributed by atoms with Crippen LogP contribution in [0.15, 0.2) is 54.6 Å². The van der Waals surface area contributed by atoms with Crippen LogP contribution in [0.25, 0.3) is 6.08 Å². The van der Waals surface area contributed by atoms with Crippen molar-refractivity contribution < 1.29 is 9.59 Å². The van der Waals surface area contributed by atoms with Crippen LogP contribution in [0.4, 0.5) is 5.95 Å². The van der Waals surface area contributed by atoms with E-state index in [0.717, 1.165) is 36.8 Å². The van der Waals surface area contributed by atoms with Gasteiger partial charge in [-0.25, -0.2) is 0 Å². The van der Waals surface area contributed by atoms with Crippen molar-refractivity contribution in [2.75, 3.05) is 5.32 Å². The van der Waals surface area contributed by atoms with E-state index in [2.05, 4.69) is 46.7 Å². The molecule has 1 fully saturated rings. The van der Waals surface area contributed by atoms with Gasteiger partial charge in [-0.2, -0.15) is 5.21 Å². The fourth-order valence-electron chi connectivity index (χ4n) is 4.82. The number of nitrogens with zero attached hydrogens (tertiary/aromatic N) is 4. The number of nitrogens with one attached hydrogen (secondary N) is 2. The number of carbonyl (C=O) groups excluding carboxylic acids is 2. The molecule has 1 saturated carbocycles. The van der Waals surface area contributed by atoms with Crippen molar-refractivity contribution in [3.8, 4) is 0 Å². The van der Waals surface area contributed by atoms with E-state index in [1.54, 1.807) is 18.2 Å². The van der Waals surface area contributed by atoms with Crippen LogP contribution in [0.2, 0.25) is 5.02 Å². The van der Waals surface area contributed by atoms with Gasteiger partial charge < -0.3 is 4.90 Å². The first-order chi connectivity index (χ1) is 17.7. The van der Waals surface area contributed by atoms with E-state index in [0.29, 0.717) is 23.0 Å². The zero-order valence-corrected chi connectivity index (χ0v) is 22.2. The molecule has 1 aromatic heterocycles. The van der Waals surface area contributed by atoms with E-state index < -0.39 is 0 Å². The van der Waals surface area contributed by atoms with Gasteiger partial charge in [0.15, 0.2) is 0 Å². The highest BCUT2D eigenvalue weighted by Crippen LogP contribution is 2.39. The van der Waals surface area contributed by atoms with E-state index in [1.807, 2.05) is 47.4 Å². The van der Waals surface area contributed by atoms with Gasteiger partial charge in [-0.05, 0) is 83.7 Å².